The van der Waals surface area contributed by atoms with Gasteiger partial charge in [0, 0.05) is 11.4 Å². The summed E-state index contributed by atoms with van der Waals surface area (Å²) in [5, 5.41) is 3.40. The van der Waals surface area contributed by atoms with Crippen molar-refractivity contribution in [3.8, 4) is 5.88 Å². The third-order valence-corrected chi connectivity index (χ3v) is 9.39. The number of nitrogens with one attached hydrogen (secondary N) is 1. The molecule has 43 heavy (non-hydrogen) atoms. The lowest BCUT2D eigenvalue weighted by Crippen LogP contribution is -2.57. The number of amides is 2. The quantitative estimate of drug-likeness (QED) is 0.420. The maximum atomic E-state index is 14.1. The summed E-state index contributed by atoms with van der Waals surface area (Å²) in [5.41, 5.74) is 1.43. The first-order valence-electron chi connectivity index (χ1n) is 15.4. The highest BCUT2D eigenvalue weighted by atomic mass is 35.5. The highest BCUT2D eigenvalue weighted by Crippen LogP contribution is 2.38. The molecule has 6 unspecified atom stereocenters. The number of carbonyl (C=O) groups is 3. The maximum absolute atomic E-state index is 14.1. The monoisotopic (exact) mass is 614 g/mol. The molecular weight excluding hydrogens is 572 g/mol. The molecule has 2 bridgehead atoms. The van der Waals surface area contributed by atoms with Crippen LogP contribution in [0.2, 0.25) is 5.02 Å². The van der Waals surface area contributed by atoms with Crippen molar-refractivity contribution in [1.29, 1.82) is 0 Å². The van der Waals surface area contributed by atoms with Crippen molar-refractivity contribution in [3.63, 3.8) is 0 Å². The fourth-order valence-electron chi connectivity index (χ4n) is 6.74. The Hall–Kier alpha value is -3.14. The van der Waals surface area contributed by atoms with Crippen molar-refractivity contribution in [1.82, 2.24) is 20.2 Å². The largest absolute Gasteiger partial charge is 0.471 e. The molecule has 11 heteroatoms. The topological polar surface area (TPSA) is 120 Å². The first-order valence-corrected chi connectivity index (χ1v) is 15.8. The molecule has 2 fully saturated rings. The molecular formula is C32H43ClN4O6. The summed E-state index contributed by atoms with van der Waals surface area (Å²) in [6.45, 7) is 7.97. The second-order valence-electron chi connectivity index (χ2n) is 13.3. The average Bonchev–Trinajstić information content (AvgIpc) is 3.53. The Bertz CT molecular complexity index is 1360. The molecule has 5 rings (SSSR count). The van der Waals surface area contributed by atoms with Crippen molar-refractivity contribution in [2.75, 3.05) is 13.7 Å². The number of carbonyl (C=O) groups excluding carboxylic acids is 3. The fraction of sp³-hybridized carbons (Fsp3) is 0.656. The number of fused-ring (bicyclic) bond motifs is 5. The fourth-order valence-corrected chi connectivity index (χ4v) is 6.91. The summed E-state index contributed by atoms with van der Waals surface area (Å²) in [6, 6.07) is 3.58. The molecule has 0 spiro atoms. The van der Waals surface area contributed by atoms with Gasteiger partial charge in [-0.3, -0.25) is 4.79 Å². The van der Waals surface area contributed by atoms with Crippen LogP contribution in [0.4, 0.5) is 4.79 Å². The zero-order chi connectivity index (χ0) is 30.9. The molecule has 6 atom stereocenters. The number of hydrogen-bond donors (Lipinski definition) is 1. The van der Waals surface area contributed by atoms with E-state index in [2.05, 4.69) is 12.2 Å². The van der Waals surface area contributed by atoms with E-state index in [-0.39, 0.29) is 30.9 Å². The molecule has 2 aromatic rings. The Labute approximate surface area is 258 Å². The standard InChI is InChI=1S/C32H43ClN4O6/c1-18-11-14-26-21(18)9-7-6-8-10-23-28(35-24-15-19(33)12-13-22(24)34-23)42-20-16-25(30(39)41-5)37(17-20)29(38)27(32(2,3)4)36-31(40)43-26/h12-13,15,18,20-21,25-27H,6-11,14,16-17H2,1-5H3,(H,36,40). The van der Waals surface area contributed by atoms with Crippen LogP contribution in [0.3, 0.4) is 0 Å². The number of aromatic nitrogens is 2. The second kappa shape index (κ2) is 12.8. The number of methoxy groups -OCH3 is 1. The number of alkyl carbamates (subject to hydrolysis) is 1. The highest BCUT2D eigenvalue weighted by molar-refractivity contribution is 6.31. The SMILES string of the molecule is COC(=O)C1CC2CN1C(=O)C(C(C)(C)C)NC(=O)OC1CCC(C)C1CCCCCc1nc3ccc(Cl)cc3nc1O2. The van der Waals surface area contributed by atoms with E-state index in [4.69, 9.17) is 35.8 Å². The van der Waals surface area contributed by atoms with E-state index >= 15 is 0 Å². The van der Waals surface area contributed by atoms with Crippen LogP contribution in [0.25, 0.3) is 11.0 Å². The van der Waals surface area contributed by atoms with Crippen LogP contribution in [-0.2, 0) is 25.5 Å². The smallest absolute Gasteiger partial charge is 0.408 e. The van der Waals surface area contributed by atoms with Gasteiger partial charge in [-0.25, -0.2) is 19.6 Å². The number of rotatable bonds is 1. The van der Waals surface area contributed by atoms with Crippen LogP contribution in [0, 0.1) is 17.3 Å². The number of esters is 1. The Morgan fingerprint density at radius 3 is 2.60 bits per heavy atom. The van der Waals surface area contributed by atoms with Crippen molar-refractivity contribution < 1.29 is 28.6 Å². The van der Waals surface area contributed by atoms with Gasteiger partial charge in [0.1, 0.15) is 30.0 Å². The molecule has 1 aromatic heterocycles. The summed E-state index contributed by atoms with van der Waals surface area (Å²) in [4.78, 5) is 51.4. The van der Waals surface area contributed by atoms with Crippen molar-refractivity contribution in [2.45, 2.75) is 103 Å². The van der Waals surface area contributed by atoms with Crippen molar-refractivity contribution >= 4 is 40.6 Å². The van der Waals surface area contributed by atoms with E-state index in [0.29, 0.717) is 28.8 Å². The number of ether oxygens (including phenoxy) is 3. The van der Waals surface area contributed by atoms with Gasteiger partial charge < -0.3 is 24.4 Å². The van der Waals surface area contributed by atoms with Gasteiger partial charge in [0.25, 0.3) is 0 Å². The minimum atomic E-state index is -0.930. The van der Waals surface area contributed by atoms with E-state index in [9.17, 15) is 14.4 Å². The van der Waals surface area contributed by atoms with E-state index < -0.39 is 35.7 Å². The van der Waals surface area contributed by atoms with Crippen LogP contribution in [0.5, 0.6) is 5.88 Å². The predicted molar refractivity (Wildman–Crippen MR) is 162 cm³/mol. The van der Waals surface area contributed by atoms with E-state index in [1.807, 2.05) is 26.8 Å². The Morgan fingerprint density at radius 1 is 1.07 bits per heavy atom. The second-order valence-corrected chi connectivity index (χ2v) is 13.8. The highest BCUT2D eigenvalue weighted by Gasteiger charge is 2.47. The zero-order valence-electron chi connectivity index (χ0n) is 25.7. The van der Waals surface area contributed by atoms with Crippen molar-refractivity contribution in [2.24, 2.45) is 17.3 Å². The molecule has 1 saturated carbocycles. The Kier molecular flexibility index (Phi) is 9.34. The average molecular weight is 615 g/mol. The van der Waals surface area contributed by atoms with Gasteiger partial charge in [-0.2, -0.15) is 0 Å². The molecule has 3 heterocycles. The van der Waals surface area contributed by atoms with Crippen LogP contribution >= 0.6 is 11.6 Å². The zero-order valence-corrected chi connectivity index (χ0v) is 26.5. The first kappa shape index (κ1) is 31.3. The third kappa shape index (κ3) is 7.00. The van der Waals surface area contributed by atoms with Crippen LogP contribution in [0.15, 0.2) is 18.2 Å². The normalized spacial score (nSPS) is 29.0. The van der Waals surface area contributed by atoms with Crippen LogP contribution < -0.4 is 10.1 Å². The van der Waals surface area contributed by atoms with Crippen molar-refractivity contribution in [3.05, 3.63) is 28.9 Å². The van der Waals surface area contributed by atoms with Gasteiger partial charge in [-0.05, 0) is 67.6 Å². The number of halogens is 1. The van der Waals surface area contributed by atoms with E-state index in [1.165, 1.54) is 12.0 Å². The molecule has 1 aliphatic carbocycles. The molecule has 1 aromatic carbocycles. The minimum Gasteiger partial charge on any atom is -0.471 e. The number of aryl methyl sites for hydroxylation is 1. The van der Waals surface area contributed by atoms with Gasteiger partial charge in [0.2, 0.25) is 11.8 Å². The van der Waals surface area contributed by atoms with Crippen LogP contribution in [-0.4, -0.2) is 70.8 Å². The summed E-state index contributed by atoms with van der Waals surface area (Å²) in [5.74, 6) is 0.168. The molecule has 1 saturated heterocycles. The van der Waals surface area contributed by atoms with Gasteiger partial charge in [0.05, 0.1) is 24.7 Å². The molecule has 3 aliphatic rings. The van der Waals surface area contributed by atoms with Gasteiger partial charge in [-0.1, -0.05) is 52.1 Å². The first-order chi connectivity index (χ1) is 20.4. The predicted octanol–water partition coefficient (Wildman–Crippen LogP) is 5.48. The number of benzene rings is 1. The summed E-state index contributed by atoms with van der Waals surface area (Å²) in [7, 11) is 1.30. The maximum Gasteiger partial charge on any atom is 0.408 e. The molecule has 2 amide bonds. The lowest BCUT2D eigenvalue weighted by atomic mass is 9.85. The Balaban J connectivity index is 1.51. The minimum absolute atomic E-state index is 0.124. The molecule has 234 valence electrons. The summed E-state index contributed by atoms with van der Waals surface area (Å²) >= 11 is 6.25. The Morgan fingerprint density at radius 2 is 1.86 bits per heavy atom. The van der Waals surface area contributed by atoms with E-state index in [0.717, 1.165) is 49.7 Å². The number of hydrogen-bond acceptors (Lipinski definition) is 8. The number of nitrogens with zero attached hydrogens (tertiary/aromatic N) is 3. The molecule has 0 radical (unpaired) electrons. The summed E-state index contributed by atoms with van der Waals surface area (Å²) < 4.78 is 17.5. The van der Waals surface area contributed by atoms with E-state index in [1.54, 1.807) is 12.1 Å². The van der Waals surface area contributed by atoms with Gasteiger partial charge in [0.15, 0.2) is 0 Å². The van der Waals surface area contributed by atoms with Gasteiger partial charge >= 0.3 is 12.1 Å². The lowest BCUT2D eigenvalue weighted by Gasteiger charge is -2.35. The third-order valence-electron chi connectivity index (χ3n) is 9.16. The molecule has 10 nitrogen and oxygen atoms in total. The summed E-state index contributed by atoms with van der Waals surface area (Å²) in [6.07, 6.45) is 5.21. The molecule has 2 aliphatic heterocycles. The lowest BCUT2D eigenvalue weighted by molar-refractivity contribution is -0.152. The van der Waals surface area contributed by atoms with Gasteiger partial charge in [-0.15, -0.1) is 0 Å². The molecule has 1 N–H and O–H groups in total. The van der Waals surface area contributed by atoms with Crippen LogP contribution in [0.1, 0.15) is 78.3 Å².